The Balaban J connectivity index is 2.30. The van der Waals surface area contributed by atoms with Crippen LogP contribution in [0.1, 0.15) is 10.4 Å². The zero-order valence-corrected chi connectivity index (χ0v) is 8.20. The third-order valence-electron chi connectivity index (χ3n) is 2.71. The fraction of sp³-hybridized carbons (Fsp3) is 0.0833. The molecule has 3 nitrogen and oxygen atoms in total. The Hall–Kier alpha value is -2.03. The van der Waals surface area contributed by atoms with Crippen molar-refractivity contribution in [1.29, 1.82) is 0 Å². The van der Waals surface area contributed by atoms with Gasteiger partial charge in [-0.2, -0.15) is 0 Å². The van der Waals surface area contributed by atoms with E-state index < -0.39 is 0 Å². The molecule has 1 N–H and O–H groups in total. The maximum Gasteiger partial charge on any atom is 0.337 e. The van der Waals surface area contributed by atoms with Crippen LogP contribution >= 0.6 is 0 Å². The maximum absolute atomic E-state index is 11.3. The Morgan fingerprint density at radius 3 is 2.60 bits per heavy atom. The molecule has 0 atom stereocenters. The molecule has 0 aliphatic rings. The van der Waals surface area contributed by atoms with E-state index in [1.165, 1.54) is 7.11 Å². The number of aromatic nitrogens is 1. The van der Waals surface area contributed by atoms with Gasteiger partial charge in [-0.3, -0.25) is 0 Å². The molecule has 0 spiro atoms. The zero-order valence-electron chi connectivity index (χ0n) is 8.20. The number of benzene rings is 2. The molecule has 0 aliphatic carbocycles. The van der Waals surface area contributed by atoms with E-state index in [2.05, 4.69) is 9.72 Å². The van der Waals surface area contributed by atoms with Gasteiger partial charge in [0.2, 0.25) is 0 Å². The third-order valence-corrected chi connectivity index (χ3v) is 2.71. The predicted octanol–water partition coefficient (Wildman–Crippen LogP) is 2.55. The van der Waals surface area contributed by atoms with Crippen molar-refractivity contribution in [1.82, 2.24) is 4.98 Å². The zero-order chi connectivity index (χ0) is 10.4. The number of nitrogens with one attached hydrogen (secondary N) is 1. The van der Waals surface area contributed by atoms with Gasteiger partial charge in [0.25, 0.3) is 0 Å². The van der Waals surface area contributed by atoms with Gasteiger partial charge in [-0.1, -0.05) is 6.07 Å². The minimum absolute atomic E-state index is 0.296. The molecule has 0 amide bonds. The van der Waals surface area contributed by atoms with Gasteiger partial charge >= 0.3 is 5.97 Å². The summed E-state index contributed by atoms with van der Waals surface area (Å²) in [6, 6.07) is 9.64. The minimum Gasteiger partial charge on any atom is -0.465 e. The summed E-state index contributed by atoms with van der Waals surface area (Å²) in [6.45, 7) is 0. The first-order valence-electron chi connectivity index (χ1n) is 4.72. The second kappa shape index (κ2) is 2.73. The standard InChI is InChI=1S/C12H9NO2/c1-15-12(14)7-2-3-8-9(6-7)11-5-4-10(8)13-11/h2-6,13H,1H3. The lowest BCUT2D eigenvalue weighted by atomic mass is 10.1. The summed E-state index contributed by atoms with van der Waals surface area (Å²) < 4.78 is 4.68. The first kappa shape index (κ1) is 8.29. The molecule has 0 radical (unpaired) electrons. The smallest absolute Gasteiger partial charge is 0.337 e. The largest absolute Gasteiger partial charge is 0.465 e. The average molecular weight is 199 g/mol. The molecule has 3 heteroatoms. The van der Waals surface area contributed by atoms with Crippen LogP contribution in [-0.2, 0) is 4.74 Å². The summed E-state index contributed by atoms with van der Waals surface area (Å²) in [5, 5.41) is 2.23. The van der Waals surface area contributed by atoms with Crippen LogP contribution in [0.2, 0.25) is 0 Å². The monoisotopic (exact) mass is 199 g/mol. The number of hydrogen-bond acceptors (Lipinski definition) is 2. The first-order valence-corrected chi connectivity index (χ1v) is 4.72. The van der Waals surface area contributed by atoms with Crippen LogP contribution in [0.15, 0.2) is 30.3 Å². The molecule has 0 unspecified atom stereocenters. The summed E-state index contributed by atoms with van der Waals surface area (Å²) in [5.74, 6) is -0.296. The van der Waals surface area contributed by atoms with Gasteiger partial charge in [0.1, 0.15) is 0 Å². The van der Waals surface area contributed by atoms with Crippen LogP contribution in [-0.4, -0.2) is 18.1 Å². The topological polar surface area (TPSA) is 42.1 Å². The fourth-order valence-corrected chi connectivity index (χ4v) is 1.96. The van der Waals surface area contributed by atoms with Crippen molar-refractivity contribution in [2.45, 2.75) is 0 Å². The highest BCUT2D eigenvalue weighted by Gasteiger charge is 2.10. The normalized spacial score (nSPS) is 11.3. The van der Waals surface area contributed by atoms with E-state index >= 15 is 0 Å². The molecule has 0 aliphatic heterocycles. The highest BCUT2D eigenvalue weighted by atomic mass is 16.5. The summed E-state index contributed by atoms with van der Waals surface area (Å²) in [6.07, 6.45) is 0. The van der Waals surface area contributed by atoms with E-state index in [1.807, 2.05) is 24.3 Å². The summed E-state index contributed by atoms with van der Waals surface area (Å²) in [7, 11) is 1.39. The Morgan fingerprint density at radius 1 is 1.13 bits per heavy atom. The van der Waals surface area contributed by atoms with Gasteiger partial charge in [0.15, 0.2) is 0 Å². The average Bonchev–Trinajstić information content (AvgIpc) is 2.88. The van der Waals surface area contributed by atoms with Crippen molar-refractivity contribution in [3.63, 3.8) is 0 Å². The lowest BCUT2D eigenvalue weighted by Gasteiger charge is -1.99. The van der Waals surface area contributed by atoms with Crippen molar-refractivity contribution in [2.24, 2.45) is 0 Å². The molecule has 74 valence electrons. The van der Waals surface area contributed by atoms with E-state index in [0.29, 0.717) is 5.56 Å². The summed E-state index contributed by atoms with van der Waals surface area (Å²) in [5.41, 5.74) is 2.76. The van der Waals surface area contributed by atoms with Gasteiger partial charge in [-0.15, -0.1) is 0 Å². The van der Waals surface area contributed by atoms with E-state index in [4.69, 9.17) is 0 Å². The van der Waals surface area contributed by atoms with Crippen LogP contribution in [0, 0.1) is 0 Å². The lowest BCUT2D eigenvalue weighted by molar-refractivity contribution is 0.0601. The summed E-state index contributed by atoms with van der Waals surface area (Å²) in [4.78, 5) is 14.6. The highest BCUT2D eigenvalue weighted by molar-refractivity contribution is 6.11. The number of aromatic amines is 1. The molecule has 3 rings (SSSR count). The van der Waals surface area contributed by atoms with Crippen molar-refractivity contribution in [3.8, 4) is 0 Å². The van der Waals surface area contributed by atoms with Gasteiger partial charge in [0, 0.05) is 21.8 Å². The van der Waals surface area contributed by atoms with Gasteiger partial charge in [-0.05, 0) is 24.3 Å². The Bertz CT molecular complexity index is 639. The number of carbonyl (C=O) groups excluding carboxylic acids is 1. The number of carbonyl (C=O) groups is 1. The Labute approximate surface area is 86.0 Å². The molecular weight excluding hydrogens is 190 g/mol. The number of methoxy groups -OCH3 is 1. The van der Waals surface area contributed by atoms with Crippen LogP contribution in [0.3, 0.4) is 0 Å². The molecule has 2 heterocycles. The van der Waals surface area contributed by atoms with E-state index in [-0.39, 0.29) is 5.97 Å². The number of ether oxygens (including phenoxy) is 1. The molecule has 2 aromatic heterocycles. The second-order valence-electron chi connectivity index (χ2n) is 3.54. The molecule has 0 fully saturated rings. The number of esters is 1. The first-order chi connectivity index (χ1) is 7.29. The third kappa shape index (κ3) is 1.03. The lowest BCUT2D eigenvalue weighted by Crippen LogP contribution is -2.00. The van der Waals surface area contributed by atoms with Crippen molar-refractivity contribution >= 4 is 27.8 Å². The van der Waals surface area contributed by atoms with Crippen molar-refractivity contribution < 1.29 is 9.53 Å². The summed E-state index contributed by atoms with van der Waals surface area (Å²) >= 11 is 0. The van der Waals surface area contributed by atoms with Gasteiger partial charge < -0.3 is 9.72 Å². The van der Waals surface area contributed by atoms with E-state index in [1.54, 1.807) is 6.07 Å². The van der Waals surface area contributed by atoms with E-state index in [9.17, 15) is 4.79 Å². The quantitative estimate of drug-likeness (QED) is 0.612. The van der Waals surface area contributed by atoms with Crippen LogP contribution in [0.25, 0.3) is 21.8 Å². The second-order valence-corrected chi connectivity index (χ2v) is 3.54. The van der Waals surface area contributed by atoms with Gasteiger partial charge in [-0.25, -0.2) is 4.79 Å². The molecule has 2 bridgehead atoms. The molecule has 3 aromatic rings. The SMILES string of the molecule is COC(=O)c1ccc2c3ccc([nH]3)c2c1. The van der Waals surface area contributed by atoms with Crippen LogP contribution in [0.4, 0.5) is 0 Å². The van der Waals surface area contributed by atoms with Crippen LogP contribution in [0.5, 0.6) is 0 Å². The van der Waals surface area contributed by atoms with Gasteiger partial charge in [0.05, 0.1) is 12.7 Å². The number of rotatable bonds is 1. The molecular formula is C12H9NO2. The Kier molecular flexibility index (Phi) is 1.51. The van der Waals surface area contributed by atoms with E-state index in [0.717, 1.165) is 21.8 Å². The molecule has 0 saturated carbocycles. The Morgan fingerprint density at radius 2 is 1.87 bits per heavy atom. The number of H-pyrrole nitrogens is 1. The minimum atomic E-state index is -0.296. The predicted molar refractivity (Wildman–Crippen MR) is 58.3 cm³/mol. The highest BCUT2D eigenvalue weighted by Crippen LogP contribution is 2.28. The fourth-order valence-electron chi connectivity index (χ4n) is 1.96. The number of hydrogen-bond donors (Lipinski definition) is 1. The maximum atomic E-state index is 11.3. The van der Waals surface area contributed by atoms with Crippen LogP contribution < -0.4 is 0 Å². The molecule has 15 heavy (non-hydrogen) atoms. The molecule has 1 aromatic carbocycles. The van der Waals surface area contributed by atoms with Crippen molar-refractivity contribution in [2.75, 3.05) is 7.11 Å². The van der Waals surface area contributed by atoms with Crippen molar-refractivity contribution in [3.05, 3.63) is 35.9 Å². The molecule has 0 saturated heterocycles. The number of fused-ring (bicyclic) bond motifs is 5.